The Kier molecular flexibility index (Phi) is 4.75. The van der Waals surface area contributed by atoms with Gasteiger partial charge in [0, 0.05) is 29.9 Å². The molecule has 1 aromatic heterocycles. The second-order valence-corrected chi connectivity index (χ2v) is 7.74. The van der Waals surface area contributed by atoms with E-state index < -0.39 is 0 Å². The summed E-state index contributed by atoms with van der Waals surface area (Å²) in [6, 6.07) is 10.1. The topological polar surface area (TPSA) is 55.6 Å². The van der Waals surface area contributed by atoms with Gasteiger partial charge >= 0.3 is 0 Å². The van der Waals surface area contributed by atoms with Crippen molar-refractivity contribution in [2.45, 2.75) is 18.9 Å². The molecule has 2 heterocycles. The molecule has 0 radical (unpaired) electrons. The number of carbonyl (C=O) groups excluding carboxylic acids is 1. The molecular weight excluding hydrogens is 376 g/mol. The maximum absolute atomic E-state index is 12.9. The van der Waals surface area contributed by atoms with Crippen molar-refractivity contribution in [3.8, 4) is 5.75 Å². The molecule has 0 bridgehead atoms. The summed E-state index contributed by atoms with van der Waals surface area (Å²) in [4.78, 5) is 16.4. The zero-order valence-electron chi connectivity index (χ0n) is 13.1. The van der Waals surface area contributed by atoms with Gasteiger partial charge in [0.2, 0.25) is 0 Å². The summed E-state index contributed by atoms with van der Waals surface area (Å²) in [5, 5.41) is 0. The lowest BCUT2D eigenvalue weighted by Crippen LogP contribution is -2.32. The van der Waals surface area contributed by atoms with Crippen LogP contribution in [0.25, 0.3) is 0 Å². The number of rotatable bonds is 3. The predicted octanol–water partition coefficient (Wildman–Crippen LogP) is 3.39. The number of amides is 1. The van der Waals surface area contributed by atoms with Gasteiger partial charge in [0.15, 0.2) is 5.75 Å². The molecule has 1 aliphatic rings. The molecule has 6 heteroatoms. The normalized spacial score (nSPS) is 20.8. The smallest absolute Gasteiger partial charge is 0.267 e. The van der Waals surface area contributed by atoms with Crippen LogP contribution < -0.4 is 10.5 Å². The van der Waals surface area contributed by atoms with Crippen LogP contribution in [0.2, 0.25) is 0 Å². The minimum atomic E-state index is -0.0446. The van der Waals surface area contributed by atoms with Crippen molar-refractivity contribution in [2.24, 2.45) is 5.73 Å². The first-order chi connectivity index (χ1) is 11.0. The first-order valence-electron chi connectivity index (χ1n) is 7.45. The van der Waals surface area contributed by atoms with Crippen LogP contribution in [-0.4, -0.2) is 37.0 Å². The molecule has 1 aliphatic heterocycles. The fraction of sp³-hybridized carbons (Fsp3) is 0.353. The highest BCUT2D eigenvalue weighted by Gasteiger charge is 2.36. The van der Waals surface area contributed by atoms with Crippen LogP contribution in [0.5, 0.6) is 5.75 Å². The first kappa shape index (κ1) is 16.5. The van der Waals surface area contributed by atoms with Gasteiger partial charge in [0.1, 0.15) is 4.88 Å². The summed E-state index contributed by atoms with van der Waals surface area (Å²) in [7, 11) is 1.59. The molecule has 0 aliphatic carbocycles. The van der Waals surface area contributed by atoms with Crippen LogP contribution in [0.3, 0.4) is 0 Å². The number of thiophene rings is 1. The average molecular weight is 395 g/mol. The number of hydrogen-bond acceptors (Lipinski definition) is 4. The fourth-order valence-corrected chi connectivity index (χ4v) is 4.74. The van der Waals surface area contributed by atoms with Crippen LogP contribution in [0, 0.1) is 6.92 Å². The minimum Gasteiger partial charge on any atom is -0.494 e. The van der Waals surface area contributed by atoms with Crippen molar-refractivity contribution >= 4 is 33.2 Å². The highest BCUT2D eigenvalue weighted by Crippen LogP contribution is 2.40. The van der Waals surface area contributed by atoms with E-state index in [1.54, 1.807) is 7.11 Å². The molecule has 0 unspecified atom stereocenters. The van der Waals surface area contributed by atoms with Crippen LogP contribution in [0.15, 0.2) is 34.8 Å². The van der Waals surface area contributed by atoms with Crippen LogP contribution in [-0.2, 0) is 0 Å². The van der Waals surface area contributed by atoms with E-state index in [2.05, 4.69) is 28.1 Å². The number of nitrogens with zero attached hydrogens (tertiary/aromatic N) is 1. The van der Waals surface area contributed by atoms with Crippen LogP contribution in [0.4, 0.5) is 0 Å². The van der Waals surface area contributed by atoms with Crippen molar-refractivity contribution in [3.63, 3.8) is 0 Å². The second kappa shape index (κ2) is 6.63. The van der Waals surface area contributed by atoms with Crippen molar-refractivity contribution < 1.29 is 9.53 Å². The average Bonchev–Trinajstić information content (AvgIpc) is 3.08. The maximum atomic E-state index is 12.9. The van der Waals surface area contributed by atoms with Gasteiger partial charge in [0.05, 0.1) is 11.6 Å². The highest BCUT2D eigenvalue weighted by atomic mass is 79.9. The highest BCUT2D eigenvalue weighted by molar-refractivity contribution is 9.10. The summed E-state index contributed by atoms with van der Waals surface area (Å²) < 4.78 is 6.26. The molecule has 0 saturated carbocycles. The number of carbonyl (C=O) groups is 1. The van der Waals surface area contributed by atoms with Crippen LogP contribution >= 0.6 is 27.3 Å². The molecule has 2 N–H and O–H groups in total. The van der Waals surface area contributed by atoms with E-state index in [9.17, 15) is 4.79 Å². The summed E-state index contributed by atoms with van der Waals surface area (Å²) in [5.41, 5.74) is 7.48. The fourth-order valence-electron chi connectivity index (χ4n) is 3.02. The van der Waals surface area contributed by atoms with Gasteiger partial charge in [-0.15, -0.1) is 11.3 Å². The van der Waals surface area contributed by atoms with Gasteiger partial charge in [-0.05, 0) is 28.4 Å². The van der Waals surface area contributed by atoms with Crippen molar-refractivity contribution in [2.75, 3.05) is 20.2 Å². The number of methoxy groups -OCH3 is 1. The number of ether oxygens (including phenoxy) is 1. The molecule has 0 spiro atoms. The minimum absolute atomic E-state index is 0.00506. The molecule has 122 valence electrons. The Morgan fingerprint density at radius 3 is 2.70 bits per heavy atom. The van der Waals surface area contributed by atoms with Gasteiger partial charge in [-0.25, -0.2) is 0 Å². The Morgan fingerprint density at radius 1 is 1.35 bits per heavy atom. The van der Waals surface area contributed by atoms with Crippen molar-refractivity contribution in [1.82, 2.24) is 4.90 Å². The van der Waals surface area contributed by atoms with E-state index in [0.29, 0.717) is 23.7 Å². The molecule has 3 rings (SSSR count). The molecule has 1 aromatic carbocycles. The van der Waals surface area contributed by atoms with E-state index in [4.69, 9.17) is 10.5 Å². The molecule has 1 amide bonds. The molecule has 23 heavy (non-hydrogen) atoms. The van der Waals surface area contributed by atoms with Crippen LogP contribution in [0.1, 0.15) is 26.0 Å². The Hall–Kier alpha value is -1.37. The third kappa shape index (κ3) is 3.03. The number of likely N-dealkylation sites (tertiary alicyclic amines) is 1. The molecule has 4 nitrogen and oxygen atoms in total. The molecular formula is C17H19BrN2O2S. The van der Waals surface area contributed by atoms with Crippen molar-refractivity contribution in [1.29, 1.82) is 0 Å². The Morgan fingerprint density at radius 2 is 2.04 bits per heavy atom. The summed E-state index contributed by atoms with van der Waals surface area (Å²) in [6.07, 6.45) is 0. The van der Waals surface area contributed by atoms with E-state index in [0.717, 1.165) is 9.35 Å². The lowest BCUT2D eigenvalue weighted by molar-refractivity contribution is 0.0791. The predicted molar refractivity (Wildman–Crippen MR) is 96.4 cm³/mol. The standard InChI is InChI=1S/C17H19BrN2O2S/c1-10-14(18)15(22-2)16(23-10)17(21)20-8-12(13(19)9-20)11-6-4-3-5-7-11/h3-7,12-13H,8-9,19H2,1-2H3/t12-,13+/m0/s1. The Labute approximate surface area is 148 Å². The maximum Gasteiger partial charge on any atom is 0.267 e. The largest absolute Gasteiger partial charge is 0.494 e. The first-order valence-corrected chi connectivity index (χ1v) is 9.06. The summed E-state index contributed by atoms with van der Waals surface area (Å²) >= 11 is 4.94. The zero-order valence-corrected chi connectivity index (χ0v) is 15.5. The lowest BCUT2D eigenvalue weighted by Gasteiger charge is -2.16. The Balaban J connectivity index is 1.84. The molecule has 1 fully saturated rings. The Bertz CT molecular complexity index is 717. The van der Waals surface area contributed by atoms with Gasteiger partial charge in [-0.1, -0.05) is 30.3 Å². The van der Waals surface area contributed by atoms with Gasteiger partial charge in [-0.2, -0.15) is 0 Å². The van der Waals surface area contributed by atoms with E-state index >= 15 is 0 Å². The SMILES string of the molecule is COc1c(C(=O)N2C[C@@H](N)[C@H](c3ccccc3)C2)sc(C)c1Br. The van der Waals surface area contributed by atoms with Gasteiger partial charge in [-0.3, -0.25) is 4.79 Å². The van der Waals surface area contributed by atoms with Gasteiger partial charge in [0.25, 0.3) is 5.91 Å². The third-order valence-corrected chi connectivity index (χ3v) is 6.54. The van der Waals surface area contributed by atoms with Gasteiger partial charge < -0.3 is 15.4 Å². The number of aryl methyl sites for hydroxylation is 1. The zero-order chi connectivity index (χ0) is 16.6. The monoisotopic (exact) mass is 394 g/mol. The number of benzene rings is 1. The quantitative estimate of drug-likeness (QED) is 0.867. The molecule has 2 aromatic rings. The summed E-state index contributed by atoms with van der Waals surface area (Å²) in [5.74, 6) is 0.791. The van der Waals surface area contributed by atoms with Crippen molar-refractivity contribution in [3.05, 3.63) is 50.1 Å². The third-order valence-electron chi connectivity index (χ3n) is 4.25. The molecule has 1 saturated heterocycles. The number of hydrogen-bond donors (Lipinski definition) is 1. The van der Waals surface area contributed by atoms with E-state index in [-0.39, 0.29) is 17.9 Å². The lowest BCUT2D eigenvalue weighted by atomic mass is 9.95. The number of nitrogens with two attached hydrogens (primary N) is 1. The second-order valence-electron chi connectivity index (χ2n) is 5.73. The number of halogens is 1. The summed E-state index contributed by atoms with van der Waals surface area (Å²) in [6.45, 7) is 3.17. The van der Waals surface area contributed by atoms with E-state index in [1.165, 1.54) is 16.9 Å². The molecule has 2 atom stereocenters. The van der Waals surface area contributed by atoms with E-state index in [1.807, 2.05) is 30.0 Å².